The Morgan fingerprint density at radius 1 is 1.58 bits per heavy atom. The van der Waals surface area contributed by atoms with Crippen LogP contribution < -0.4 is 5.73 Å². The average molecular weight is 190 g/mol. The standard InChI is InChI=1S/C8H9ClFNO/c9-5-1-2-6(7(11)4-10)8(12)3-5/h1-3,7,12H,4,11H2/t7-/m1/s1. The van der Waals surface area contributed by atoms with Crippen LogP contribution in [0.5, 0.6) is 5.75 Å². The number of hydrogen-bond acceptors (Lipinski definition) is 2. The number of aromatic hydroxyl groups is 1. The minimum absolute atomic E-state index is 0.0624. The lowest BCUT2D eigenvalue weighted by molar-refractivity contribution is 0.414. The summed E-state index contributed by atoms with van der Waals surface area (Å²) in [5.74, 6) is -0.0624. The van der Waals surface area contributed by atoms with E-state index in [0.717, 1.165) is 0 Å². The third kappa shape index (κ3) is 1.87. The summed E-state index contributed by atoms with van der Waals surface area (Å²) in [7, 11) is 0. The molecule has 0 aliphatic rings. The van der Waals surface area contributed by atoms with Gasteiger partial charge in [0.2, 0.25) is 0 Å². The molecule has 1 atom stereocenters. The topological polar surface area (TPSA) is 46.2 Å². The van der Waals surface area contributed by atoms with Gasteiger partial charge < -0.3 is 10.8 Å². The van der Waals surface area contributed by atoms with E-state index in [-0.39, 0.29) is 5.75 Å². The summed E-state index contributed by atoms with van der Waals surface area (Å²) in [5.41, 5.74) is 5.74. The molecule has 66 valence electrons. The van der Waals surface area contributed by atoms with Gasteiger partial charge in [-0.05, 0) is 12.1 Å². The molecule has 0 amide bonds. The van der Waals surface area contributed by atoms with E-state index in [1.807, 2.05) is 0 Å². The fourth-order valence-electron chi connectivity index (χ4n) is 0.913. The average Bonchev–Trinajstić information content (AvgIpc) is 2.03. The zero-order chi connectivity index (χ0) is 9.14. The SMILES string of the molecule is N[C@H](CF)c1ccc(Cl)cc1O. The van der Waals surface area contributed by atoms with Crippen LogP contribution in [0.1, 0.15) is 11.6 Å². The molecule has 0 heterocycles. The first-order valence-corrected chi connectivity index (χ1v) is 3.83. The molecule has 2 nitrogen and oxygen atoms in total. The van der Waals surface area contributed by atoms with E-state index in [4.69, 9.17) is 17.3 Å². The van der Waals surface area contributed by atoms with Crippen molar-refractivity contribution in [1.82, 2.24) is 0 Å². The molecule has 0 radical (unpaired) electrons. The van der Waals surface area contributed by atoms with Crippen molar-refractivity contribution in [2.75, 3.05) is 6.67 Å². The van der Waals surface area contributed by atoms with Crippen molar-refractivity contribution in [2.24, 2.45) is 5.73 Å². The quantitative estimate of drug-likeness (QED) is 0.748. The van der Waals surface area contributed by atoms with Gasteiger partial charge in [-0.25, -0.2) is 4.39 Å². The van der Waals surface area contributed by atoms with Crippen LogP contribution in [0.4, 0.5) is 4.39 Å². The van der Waals surface area contributed by atoms with Crippen molar-refractivity contribution >= 4 is 11.6 Å². The Balaban J connectivity index is 3.01. The van der Waals surface area contributed by atoms with Crippen molar-refractivity contribution < 1.29 is 9.50 Å². The van der Waals surface area contributed by atoms with E-state index in [1.165, 1.54) is 12.1 Å². The summed E-state index contributed by atoms with van der Waals surface area (Å²) in [6.45, 7) is -0.699. The molecule has 0 saturated heterocycles. The Kier molecular flexibility index (Phi) is 2.89. The smallest absolute Gasteiger partial charge is 0.121 e. The molecule has 1 rings (SSSR count). The van der Waals surface area contributed by atoms with Crippen LogP contribution >= 0.6 is 11.6 Å². The maximum atomic E-state index is 12.1. The number of rotatable bonds is 2. The predicted octanol–water partition coefficient (Wildman–Crippen LogP) is 2.01. The monoisotopic (exact) mass is 189 g/mol. The molecule has 3 N–H and O–H groups in total. The lowest BCUT2D eigenvalue weighted by Crippen LogP contribution is -2.12. The van der Waals surface area contributed by atoms with Gasteiger partial charge in [0.05, 0.1) is 6.04 Å². The van der Waals surface area contributed by atoms with Gasteiger partial charge in [-0.2, -0.15) is 0 Å². The third-order valence-electron chi connectivity index (χ3n) is 1.56. The van der Waals surface area contributed by atoms with Gasteiger partial charge in [-0.3, -0.25) is 0 Å². The third-order valence-corrected chi connectivity index (χ3v) is 1.79. The van der Waals surface area contributed by atoms with Gasteiger partial charge in [0, 0.05) is 10.6 Å². The van der Waals surface area contributed by atoms with Crippen LogP contribution in [-0.2, 0) is 0 Å². The van der Waals surface area contributed by atoms with Crippen LogP contribution in [0.3, 0.4) is 0 Å². The first-order chi connectivity index (χ1) is 5.65. The highest BCUT2D eigenvalue weighted by atomic mass is 35.5. The van der Waals surface area contributed by atoms with E-state index in [0.29, 0.717) is 10.6 Å². The van der Waals surface area contributed by atoms with Crippen LogP contribution in [0, 0.1) is 0 Å². The number of halogens is 2. The molecule has 0 unspecified atom stereocenters. The molecule has 0 bridgehead atoms. The highest BCUT2D eigenvalue weighted by Crippen LogP contribution is 2.26. The summed E-state index contributed by atoms with van der Waals surface area (Å²) in [6, 6.07) is 3.64. The fourth-order valence-corrected chi connectivity index (χ4v) is 1.08. The second-order valence-electron chi connectivity index (χ2n) is 2.46. The normalized spacial score (nSPS) is 12.9. The van der Waals surface area contributed by atoms with Crippen molar-refractivity contribution in [2.45, 2.75) is 6.04 Å². The molecule has 1 aromatic rings. The number of phenolic OH excluding ortho intramolecular Hbond substituents is 1. The fraction of sp³-hybridized carbons (Fsp3) is 0.250. The maximum absolute atomic E-state index is 12.1. The Morgan fingerprint density at radius 3 is 2.75 bits per heavy atom. The van der Waals surface area contributed by atoms with Gasteiger partial charge in [0.25, 0.3) is 0 Å². The van der Waals surface area contributed by atoms with E-state index in [1.54, 1.807) is 6.07 Å². The number of nitrogens with two attached hydrogens (primary N) is 1. The number of benzene rings is 1. The Morgan fingerprint density at radius 2 is 2.25 bits per heavy atom. The maximum Gasteiger partial charge on any atom is 0.121 e. The Hall–Kier alpha value is -0.800. The van der Waals surface area contributed by atoms with Crippen molar-refractivity contribution in [3.05, 3.63) is 28.8 Å². The lowest BCUT2D eigenvalue weighted by Gasteiger charge is -2.09. The molecular weight excluding hydrogens is 181 g/mol. The minimum atomic E-state index is -0.776. The Bertz CT molecular complexity index is 280. The van der Waals surface area contributed by atoms with Crippen molar-refractivity contribution in [3.63, 3.8) is 0 Å². The van der Waals surface area contributed by atoms with E-state index >= 15 is 0 Å². The predicted molar refractivity (Wildman–Crippen MR) is 46.0 cm³/mol. The molecule has 0 aliphatic heterocycles. The number of hydrogen-bond donors (Lipinski definition) is 2. The molecule has 0 spiro atoms. The molecule has 0 saturated carbocycles. The molecule has 0 aliphatic carbocycles. The summed E-state index contributed by atoms with van der Waals surface area (Å²) in [4.78, 5) is 0. The molecule has 4 heteroatoms. The summed E-state index contributed by atoms with van der Waals surface area (Å²) in [6.07, 6.45) is 0. The summed E-state index contributed by atoms with van der Waals surface area (Å²) in [5, 5.41) is 9.67. The molecular formula is C8H9ClFNO. The van der Waals surface area contributed by atoms with E-state index in [2.05, 4.69) is 0 Å². The van der Waals surface area contributed by atoms with Crippen molar-refractivity contribution in [3.8, 4) is 5.75 Å². The zero-order valence-corrected chi connectivity index (χ0v) is 7.05. The van der Waals surface area contributed by atoms with Gasteiger partial charge in [-0.1, -0.05) is 17.7 Å². The second-order valence-corrected chi connectivity index (χ2v) is 2.90. The van der Waals surface area contributed by atoms with Gasteiger partial charge in [0.1, 0.15) is 12.4 Å². The molecule has 12 heavy (non-hydrogen) atoms. The summed E-state index contributed by atoms with van der Waals surface area (Å²) < 4.78 is 12.1. The van der Waals surface area contributed by atoms with Crippen LogP contribution in [0.2, 0.25) is 5.02 Å². The number of alkyl halides is 1. The Labute approximate surface area is 74.8 Å². The van der Waals surface area contributed by atoms with Gasteiger partial charge in [0.15, 0.2) is 0 Å². The van der Waals surface area contributed by atoms with Crippen LogP contribution in [-0.4, -0.2) is 11.8 Å². The van der Waals surface area contributed by atoms with Crippen LogP contribution in [0.15, 0.2) is 18.2 Å². The van der Waals surface area contributed by atoms with Crippen molar-refractivity contribution in [1.29, 1.82) is 0 Å². The molecule has 0 aromatic heterocycles. The second kappa shape index (κ2) is 3.74. The lowest BCUT2D eigenvalue weighted by atomic mass is 10.1. The molecule has 1 aromatic carbocycles. The van der Waals surface area contributed by atoms with Gasteiger partial charge in [-0.15, -0.1) is 0 Å². The summed E-state index contributed by atoms with van der Waals surface area (Å²) >= 11 is 5.57. The van der Waals surface area contributed by atoms with E-state index in [9.17, 15) is 9.50 Å². The first kappa shape index (κ1) is 9.29. The van der Waals surface area contributed by atoms with Gasteiger partial charge >= 0.3 is 0 Å². The number of phenols is 1. The minimum Gasteiger partial charge on any atom is -0.508 e. The largest absolute Gasteiger partial charge is 0.508 e. The zero-order valence-electron chi connectivity index (χ0n) is 6.30. The first-order valence-electron chi connectivity index (χ1n) is 3.45. The highest BCUT2D eigenvalue weighted by molar-refractivity contribution is 6.30. The van der Waals surface area contributed by atoms with E-state index < -0.39 is 12.7 Å². The van der Waals surface area contributed by atoms with Crippen LogP contribution in [0.25, 0.3) is 0 Å². The molecule has 0 fully saturated rings. The highest BCUT2D eigenvalue weighted by Gasteiger charge is 2.09.